The van der Waals surface area contributed by atoms with Crippen molar-refractivity contribution < 1.29 is 13.2 Å². The van der Waals surface area contributed by atoms with Gasteiger partial charge in [-0.05, 0) is 35.9 Å². The lowest BCUT2D eigenvalue weighted by Crippen LogP contribution is -2.08. The Labute approximate surface area is 138 Å². The Morgan fingerprint density at radius 1 is 1.09 bits per heavy atom. The van der Waals surface area contributed by atoms with Crippen molar-refractivity contribution in [3.63, 3.8) is 0 Å². The Balaban J connectivity index is 1.93. The number of ether oxygens (including phenoxy) is 1. The van der Waals surface area contributed by atoms with Crippen molar-refractivity contribution in [2.75, 3.05) is 7.11 Å². The van der Waals surface area contributed by atoms with E-state index in [2.05, 4.69) is 9.97 Å². The molecule has 1 aromatic heterocycles. The van der Waals surface area contributed by atoms with E-state index < -0.39 is 9.84 Å². The molecule has 5 nitrogen and oxygen atoms in total. The van der Waals surface area contributed by atoms with Crippen LogP contribution in [0.3, 0.4) is 0 Å². The molecule has 7 heteroatoms. The average Bonchev–Trinajstić information content (AvgIpc) is 2.54. The van der Waals surface area contributed by atoms with Gasteiger partial charge in [-0.2, -0.15) is 0 Å². The molecule has 23 heavy (non-hydrogen) atoms. The molecule has 0 fully saturated rings. The van der Waals surface area contributed by atoms with Crippen LogP contribution in [0.1, 0.15) is 5.56 Å². The highest BCUT2D eigenvalue weighted by Crippen LogP contribution is 2.20. The van der Waals surface area contributed by atoms with Crippen molar-refractivity contribution in [1.29, 1.82) is 0 Å². The minimum absolute atomic E-state index is 0.0526. The number of nitrogens with zero attached hydrogens (tertiary/aromatic N) is 2. The third-order valence-electron chi connectivity index (χ3n) is 3.32. The second-order valence-corrected chi connectivity index (χ2v) is 7.32. The third kappa shape index (κ3) is 3.43. The van der Waals surface area contributed by atoms with Crippen LogP contribution in [-0.4, -0.2) is 25.5 Å². The highest BCUT2D eigenvalue weighted by Gasteiger charge is 2.18. The zero-order valence-electron chi connectivity index (χ0n) is 12.2. The smallest absolute Gasteiger partial charge is 0.201 e. The Bertz CT molecular complexity index is 957. The molecule has 3 rings (SSSR count). The van der Waals surface area contributed by atoms with Crippen molar-refractivity contribution in [3.05, 3.63) is 59.2 Å². The van der Waals surface area contributed by atoms with E-state index in [0.29, 0.717) is 27.4 Å². The van der Waals surface area contributed by atoms with Gasteiger partial charge in [-0.1, -0.05) is 23.7 Å². The molecule has 0 amide bonds. The van der Waals surface area contributed by atoms with Gasteiger partial charge < -0.3 is 4.74 Å². The molecule has 0 aliphatic heterocycles. The van der Waals surface area contributed by atoms with Crippen LogP contribution in [0, 0.1) is 0 Å². The van der Waals surface area contributed by atoms with Crippen LogP contribution in [0.25, 0.3) is 11.0 Å². The fourth-order valence-electron chi connectivity index (χ4n) is 2.13. The summed E-state index contributed by atoms with van der Waals surface area (Å²) in [6.07, 6.45) is 1.26. The molecule has 0 aliphatic carbocycles. The summed E-state index contributed by atoms with van der Waals surface area (Å²) in [6, 6.07) is 11.8. The predicted octanol–water partition coefficient (Wildman–Crippen LogP) is 3.27. The van der Waals surface area contributed by atoms with Crippen LogP contribution in [-0.2, 0) is 15.6 Å². The van der Waals surface area contributed by atoms with Crippen LogP contribution in [0.4, 0.5) is 0 Å². The summed E-state index contributed by atoms with van der Waals surface area (Å²) in [5, 5.41) is 0.476. The maximum absolute atomic E-state index is 12.5. The van der Waals surface area contributed by atoms with Crippen LogP contribution >= 0.6 is 11.6 Å². The molecule has 0 saturated carbocycles. The second kappa shape index (κ2) is 6.14. The highest BCUT2D eigenvalue weighted by molar-refractivity contribution is 7.90. The minimum Gasteiger partial charge on any atom is -0.497 e. The van der Waals surface area contributed by atoms with Crippen molar-refractivity contribution in [3.8, 4) is 5.75 Å². The molecular weight excluding hydrogens is 336 g/mol. The number of rotatable bonds is 4. The molecular formula is C16H13ClN2O3S. The van der Waals surface area contributed by atoms with E-state index in [1.807, 2.05) is 0 Å². The number of fused-ring (bicyclic) bond motifs is 1. The number of aromatic nitrogens is 2. The number of methoxy groups -OCH3 is 1. The molecule has 0 atom stereocenters. The summed E-state index contributed by atoms with van der Waals surface area (Å²) in [5.74, 6) is 0.527. The number of hydrogen-bond donors (Lipinski definition) is 0. The number of benzene rings is 2. The van der Waals surface area contributed by atoms with Crippen molar-refractivity contribution >= 4 is 32.5 Å². The lowest BCUT2D eigenvalue weighted by atomic mass is 10.2. The fourth-order valence-corrected chi connectivity index (χ4v) is 3.53. The Morgan fingerprint density at radius 3 is 2.52 bits per heavy atom. The minimum atomic E-state index is -3.58. The molecule has 118 valence electrons. The first kappa shape index (κ1) is 15.7. The summed E-state index contributed by atoms with van der Waals surface area (Å²) in [7, 11) is -2.02. The van der Waals surface area contributed by atoms with Gasteiger partial charge in [-0.25, -0.2) is 13.4 Å². The van der Waals surface area contributed by atoms with Crippen LogP contribution in [0.15, 0.2) is 53.7 Å². The molecule has 0 spiro atoms. The standard InChI is InChI=1S/C16H13ClN2O3S/c1-22-13-5-2-11(3-6-13)10-23(20,21)16-9-18-15-8-12(17)4-7-14(15)19-16/h2-9H,10H2,1H3. The monoisotopic (exact) mass is 348 g/mol. The first-order chi connectivity index (χ1) is 11.0. The molecule has 2 aromatic carbocycles. The second-order valence-electron chi connectivity index (χ2n) is 4.95. The van der Waals surface area contributed by atoms with Crippen LogP contribution in [0.2, 0.25) is 5.02 Å². The lowest BCUT2D eigenvalue weighted by molar-refractivity contribution is 0.414. The Morgan fingerprint density at radius 2 is 1.83 bits per heavy atom. The molecule has 0 N–H and O–H groups in total. The van der Waals surface area contributed by atoms with E-state index in [0.717, 1.165) is 0 Å². The van der Waals surface area contributed by atoms with Gasteiger partial charge >= 0.3 is 0 Å². The van der Waals surface area contributed by atoms with Crippen molar-refractivity contribution in [2.24, 2.45) is 0 Å². The third-order valence-corrected chi connectivity index (χ3v) is 5.10. The Kier molecular flexibility index (Phi) is 4.19. The zero-order chi connectivity index (χ0) is 16.4. The van der Waals surface area contributed by atoms with Crippen molar-refractivity contribution in [1.82, 2.24) is 9.97 Å². The van der Waals surface area contributed by atoms with E-state index in [-0.39, 0.29) is 10.8 Å². The first-order valence-corrected chi connectivity index (χ1v) is 8.79. The van der Waals surface area contributed by atoms with E-state index >= 15 is 0 Å². The van der Waals surface area contributed by atoms with Gasteiger partial charge in [-0.15, -0.1) is 0 Å². The lowest BCUT2D eigenvalue weighted by Gasteiger charge is -2.06. The van der Waals surface area contributed by atoms with E-state index in [4.69, 9.17) is 16.3 Å². The normalized spacial score (nSPS) is 11.6. The molecule has 0 unspecified atom stereocenters. The maximum Gasteiger partial charge on any atom is 0.201 e. The van der Waals surface area contributed by atoms with Crippen molar-refractivity contribution in [2.45, 2.75) is 10.8 Å². The maximum atomic E-state index is 12.5. The van der Waals surface area contributed by atoms with Gasteiger partial charge in [0.15, 0.2) is 5.03 Å². The van der Waals surface area contributed by atoms with E-state index in [1.54, 1.807) is 49.6 Å². The quantitative estimate of drug-likeness (QED) is 0.723. The summed E-state index contributed by atoms with van der Waals surface area (Å²) >= 11 is 5.88. The number of hydrogen-bond acceptors (Lipinski definition) is 5. The van der Waals surface area contributed by atoms with Gasteiger partial charge in [0.2, 0.25) is 9.84 Å². The molecule has 3 aromatic rings. The van der Waals surface area contributed by atoms with E-state index in [1.165, 1.54) is 6.20 Å². The van der Waals surface area contributed by atoms with E-state index in [9.17, 15) is 8.42 Å². The number of sulfone groups is 1. The van der Waals surface area contributed by atoms with Crippen LogP contribution in [0.5, 0.6) is 5.75 Å². The zero-order valence-corrected chi connectivity index (χ0v) is 13.8. The first-order valence-electron chi connectivity index (χ1n) is 6.76. The summed E-state index contributed by atoms with van der Waals surface area (Å²) < 4.78 is 30.1. The van der Waals surface area contributed by atoms with Crippen LogP contribution < -0.4 is 4.74 Å². The van der Waals surface area contributed by atoms with Gasteiger partial charge in [0.05, 0.1) is 30.1 Å². The largest absolute Gasteiger partial charge is 0.497 e. The van der Waals surface area contributed by atoms with Gasteiger partial charge in [0.25, 0.3) is 0 Å². The fraction of sp³-hybridized carbons (Fsp3) is 0.125. The summed E-state index contributed by atoms with van der Waals surface area (Å²) in [5.41, 5.74) is 1.70. The van der Waals surface area contributed by atoms with Gasteiger partial charge in [-0.3, -0.25) is 4.98 Å². The molecule has 0 aliphatic rings. The molecule has 0 saturated heterocycles. The highest BCUT2D eigenvalue weighted by atomic mass is 35.5. The number of halogens is 1. The predicted molar refractivity (Wildman–Crippen MR) is 88.4 cm³/mol. The summed E-state index contributed by atoms with van der Waals surface area (Å²) in [6.45, 7) is 0. The summed E-state index contributed by atoms with van der Waals surface area (Å²) in [4.78, 5) is 8.32. The topological polar surface area (TPSA) is 69.2 Å². The molecule has 1 heterocycles. The SMILES string of the molecule is COc1ccc(CS(=O)(=O)c2cnc3cc(Cl)ccc3n2)cc1. The average molecular weight is 349 g/mol. The van der Waals surface area contributed by atoms with Gasteiger partial charge in [0.1, 0.15) is 5.75 Å². The molecule has 0 radical (unpaired) electrons. The van der Waals surface area contributed by atoms with Gasteiger partial charge in [0, 0.05) is 5.02 Å². The molecule has 0 bridgehead atoms. The Hall–Kier alpha value is -2.18.